The standard InChI is InChI=1S/C10H12N2OS/c1-7(6-13)11-10-8-4-2-3-5-9(8)12-14-10/h2-5,7,11,13H,6H2,1H3. The number of aliphatic hydroxyl groups is 1. The average Bonchev–Trinajstić information content (AvgIpc) is 2.62. The quantitative estimate of drug-likeness (QED) is 0.811. The van der Waals surface area contributed by atoms with Crippen molar-refractivity contribution < 1.29 is 5.11 Å². The van der Waals surface area contributed by atoms with Gasteiger partial charge in [-0.05, 0) is 30.6 Å². The lowest BCUT2D eigenvalue weighted by Crippen LogP contribution is -2.18. The lowest BCUT2D eigenvalue weighted by Gasteiger charge is -2.09. The normalized spacial score (nSPS) is 13.0. The van der Waals surface area contributed by atoms with Crippen molar-refractivity contribution in [2.24, 2.45) is 0 Å². The van der Waals surface area contributed by atoms with Crippen molar-refractivity contribution in [3.63, 3.8) is 0 Å². The topological polar surface area (TPSA) is 45.1 Å². The summed E-state index contributed by atoms with van der Waals surface area (Å²) in [5.74, 6) is 0. The Hall–Kier alpha value is -1.13. The molecule has 0 aliphatic heterocycles. The molecule has 1 heterocycles. The summed E-state index contributed by atoms with van der Waals surface area (Å²) < 4.78 is 4.30. The van der Waals surface area contributed by atoms with E-state index in [0.29, 0.717) is 0 Å². The van der Waals surface area contributed by atoms with E-state index in [2.05, 4.69) is 9.69 Å². The molecule has 1 atom stereocenters. The third-order valence-corrected chi connectivity index (χ3v) is 2.84. The van der Waals surface area contributed by atoms with Crippen LogP contribution in [0, 0.1) is 0 Å². The van der Waals surface area contributed by atoms with E-state index in [0.717, 1.165) is 15.9 Å². The van der Waals surface area contributed by atoms with Crippen LogP contribution in [0.5, 0.6) is 0 Å². The summed E-state index contributed by atoms with van der Waals surface area (Å²) in [5.41, 5.74) is 1.00. The minimum Gasteiger partial charge on any atom is -0.394 e. The fourth-order valence-electron chi connectivity index (χ4n) is 1.26. The summed E-state index contributed by atoms with van der Waals surface area (Å²) >= 11 is 1.43. The van der Waals surface area contributed by atoms with Crippen LogP contribution in [0.25, 0.3) is 10.9 Å². The van der Waals surface area contributed by atoms with Crippen molar-refractivity contribution in [1.29, 1.82) is 0 Å². The maximum Gasteiger partial charge on any atom is 0.117 e. The minimum absolute atomic E-state index is 0.0684. The third kappa shape index (κ3) is 1.71. The molecule has 2 rings (SSSR count). The molecule has 1 aromatic heterocycles. The van der Waals surface area contributed by atoms with Crippen molar-refractivity contribution in [3.8, 4) is 0 Å². The van der Waals surface area contributed by atoms with Gasteiger partial charge in [0.15, 0.2) is 0 Å². The smallest absolute Gasteiger partial charge is 0.117 e. The molecule has 0 aliphatic carbocycles. The predicted octanol–water partition coefficient (Wildman–Crippen LogP) is 2.09. The monoisotopic (exact) mass is 208 g/mol. The second-order valence-electron chi connectivity index (χ2n) is 3.26. The van der Waals surface area contributed by atoms with Crippen LogP contribution in [-0.2, 0) is 0 Å². The van der Waals surface area contributed by atoms with E-state index in [1.54, 1.807) is 0 Å². The van der Waals surface area contributed by atoms with Gasteiger partial charge in [-0.3, -0.25) is 0 Å². The number of nitrogens with one attached hydrogen (secondary N) is 1. The summed E-state index contributed by atoms with van der Waals surface area (Å²) in [5, 5.41) is 14.3. The molecule has 0 aliphatic rings. The molecule has 3 nitrogen and oxygen atoms in total. The summed E-state index contributed by atoms with van der Waals surface area (Å²) in [6.45, 7) is 2.07. The number of anilines is 1. The molecule has 0 amide bonds. The van der Waals surface area contributed by atoms with Crippen LogP contribution in [-0.4, -0.2) is 22.1 Å². The number of nitrogens with zero attached hydrogens (tertiary/aromatic N) is 1. The first-order valence-electron chi connectivity index (χ1n) is 4.53. The molecule has 2 aromatic rings. The van der Waals surface area contributed by atoms with E-state index < -0.39 is 0 Å². The molecule has 0 spiro atoms. The Balaban J connectivity index is 2.33. The molecule has 14 heavy (non-hydrogen) atoms. The van der Waals surface area contributed by atoms with Gasteiger partial charge in [0.1, 0.15) is 5.00 Å². The maximum atomic E-state index is 8.93. The molecule has 0 fully saturated rings. The van der Waals surface area contributed by atoms with Gasteiger partial charge in [0.05, 0.1) is 12.1 Å². The molecular formula is C10H12N2OS. The zero-order valence-electron chi connectivity index (χ0n) is 7.90. The fraction of sp³-hybridized carbons (Fsp3) is 0.300. The Bertz CT molecular complexity index is 427. The van der Waals surface area contributed by atoms with Crippen molar-refractivity contribution in [2.75, 3.05) is 11.9 Å². The molecule has 1 unspecified atom stereocenters. The Morgan fingerprint density at radius 3 is 3.07 bits per heavy atom. The van der Waals surface area contributed by atoms with Crippen LogP contribution in [0.3, 0.4) is 0 Å². The zero-order valence-corrected chi connectivity index (χ0v) is 8.71. The van der Waals surface area contributed by atoms with Gasteiger partial charge < -0.3 is 10.4 Å². The Labute approximate surface area is 86.6 Å². The van der Waals surface area contributed by atoms with Crippen molar-refractivity contribution >= 4 is 27.4 Å². The number of aliphatic hydroxyl groups excluding tert-OH is 1. The number of hydrogen-bond donors (Lipinski definition) is 2. The van der Waals surface area contributed by atoms with Gasteiger partial charge >= 0.3 is 0 Å². The minimum atomic E-state index is 0.0684. The molecular weight excluding hydrogens is 196 g/mol. The molecule has 0 radical (unpaired) electrons. The highest BCUT2D eigenvalue weighted by Crippen LogP contribution is 2.27. The second-order valence-corrected chi connectivity index (χ2v) is 4.03. The highest BCUT2D eigenvalue weighted by Gasteiger charge is 2.06. The number of benzene rings is 1. The van der Waals surface area contributed by atoms with Gasteiger partial charge in [-0.1, -0.05) is 12.1 Å². The maximum absolute atomic E-state index is 8.93. The second kappa shape index (κ2) is 3.94. The van der Waals surface area contributed by atoms with E-state index in [1.165, 1.54) is 11.5 Å². The van der Waals surface area contributed by atoms with Crippen LogP contribution in [0.15, 0.2) is 24.3 Å². The van der Waals surface area contributed by atoms with Crippen LogP contribution in [0.2, 0.25) is 0 Å². The molecule has 0 saturated carbocycles. The van der Waals surface area contributed by atoms with Gasteiger partial charge in [-0.15, -0.1) is 0 Å². The molecule has 1 aromatic carbocycles. The molecule has 0 bridgehead atoms. The van der Waals surface area contributed by atoms with Gasteiger partial charge in [-0.25, -0.2) is 0 Å². The van der Waals surface area contributed by atoms with Gasteiger partial charge in [-0.2, -0.15) is 4.37 Å². The highest BCUT2D eigenvalue weighted by atomic mass is 32.1. The summed E-state index contributed by atoms with van der Waals surface area (Å²) in [7, 11) is 0. The number of rotatable bonds is 3. The number of hydrogen-bond acceptors (Lipinski definition) is 4. The van der Waals surface area contributed by atoms with E-state index >= 15 is 0 Å². The average molecular weight is 208 g/mol. The van der Waals surface area contributed by atoms with E-state index in [1.807, 2.05) is 31.2 Å². The van der Waals surface area contributed by atoms with Gasteiger partial charge in [0, 0.05) is 11.4 Å². The molecule has 0 saturated heterocycles. The van der Waals surface area contributed by atoms with Crippen molar-refractivity contribution in [3.05, 3.63) is 24.3 Å². The molecule has 74 valence electrons. The molecule has 2 N–H and O–H groups in total. The fourth-order valence-corrected chi connectivity index (χ4v) is 2.14. The van der Waals surface area contributed by atoms with Crippen LogP contribution in [0.4, 0.5) is 5.00 Å². The van der Waals surface area contributed by atoms with Crippen molar-refractivity contribution in [1.82, 2.24) is 4.37 Å². The Kier molecular flexibility index (Phi) is 2.65. The lowest BCUT2D eigenvalue weighted by molar-refractivity contribution is 0.281. The van der Waals surface area contributed by atoms with E-state index in [4.69, 9.17) is 5.11 Å². The van der Waals surface area contributed by atoms with Gasteiger partial charge in [0.2, 0.25) is 0 Å². The third-order valence-electron chi connectivity index (χ3n) is 2.04. The molecule has 4 heteroatoms. The first-order valence-corrected chi connectivity index (χ1v) is 5.30. The zero-order chi connectivity index (χ0) is 9.97. The van der Waals surface area contributed by atoms with E-state index in [-0.39, 0.29) is 12.6 Å². The van der Waals surface area contributed by atoms with Crippen molar-refractivity contribution in [2.45, 2.75) is 13.0 Å². The van der Waals surface area contributed by atoms with Crippen LogP contribution >= 0.6 is 11.5 Å². The Morgan fingerprint density at radius 2 is 2.29 bits per heavy atom. The Morgan fingerprint density at radius 1 is 1.50 bits per heavy atom. The SMILES string of the molecule is CC(CO)Nc1snc2ccccc12. The number of fused-ring (bicyclic) bond motifs is 1. The summed E-state index contributed by atoms with van der Waals surface area (Å²) in [6, 6.07) is 8.05. The summed E-state index contributed by atoms with van der Waals surface area (Å²) in [4.78, 5) is 0. The van der Waals surface area contributed by atoms with Gasteiger partial charge in [0.25, 0.3) is 0 Å². The first kappa shape index (κ1) is 9.43. The number of aromatic nitrogens is 1. The predicted molar refractivity (Wildman–Crippen MR) is 59.8 cm³/mol. The van der Waals surface area contributed by atoms with E-state index in [9.17, 15) is 0 Å². The summed E-state index contributed by atoms with van der Waals surface area (Å²) in [6.07, 6.45) is 0. The largest absolute Gasteiger partial charge is 0.394 e. The lowest BCUT2D eigenvalue weighted by atomic mass is 10.2. The van der Waals surface area contributed by atoms with Crippen LogP contribution < -0.4 is 5.32 Å². The highest BCUT2D eigenvalue weighted by molar-refractivity contribution is 7.11. The van der Waals surface area contributed by atoms with Crippen LogP contribution in [0.1, 0.15) is 6.92 Å². The first-order chi connectivity index (χ1) is 6.81.